The molecular weight excluding hydrogens is 400 g/mol. The number of fused-ring (bicyclic) bond motifs is 1. The maximum absolute atomic E-state index is 12.5. The van der Waals surface area contributed by atoms with Crippen molar-refractivity contribution >= 4 is 38.9 Å². The highest BCUT2D eigenvalue weighted by atomic mass is 79.9. The molecule has 0 radical (unpaired) electrons. The summed E-state index contributed by atoms with van der Waals surface area (Å²) in [4.78, 5) is 12.5. The molecule has 1 aromatic rings. The topological polar surface area (TPSA) is 37.3 Å². The van der Waals surface area contributed by atoms with Gasteiger partial charge in [-0.05, 0) is 84.1 Å². The zero-order chi connectivity index (χ0) is 18.4. The van der Waals surface area contributed by atoms with Crippen molar-refractivity contribution in [3.63, 3.8) is 0 Å². The Labute approximate surface area is 163 Å². The van der Waals surface area contributed by atoms with Crippen LogP contribution in [0, 0.1) is 24.2 Å². The molecule has 1 aromatic carbocycles. The van der Waals surface area contributed by atoms with Crippen molar-refractivity contribution in [2.75, 3.05) is 0 Å². The fraction of sp³-hybridized carbons (Fsp3) is 0.571. The highest BCUT2D eigenvalue weighted by molar-refractivity contribution is 9.10. The Morgan fingerprint density at radius 1 is 1.28 bits per heavy atom. The van der Waals surface area contributed by atoms with E-state index in [1.54, 1.807) is 6.07 Å². The number of Topliss-reactive ketones (excluding diaryl/α,β-unsaturated/α-hetero) is 1. The molecule has 0 bridgehead atoms. The monoisotopic (exact) mass is 424 g/mol. The van der Waals surface area contributed by atoms with E-state index in [1.807, 2.05) is 13.0 Å². The molecule has 2 saturated carbocycles. The van der Waals surface area contributed by atoms with E-state index in [9.17, 15) is 9.90 Å². The number of aliphatic hydroxyl groups excluding tert-OH is 1. The number of hydrogen-bond acceptors (Lipinski definition) is 2. The summed E-state index contributed by atoms with van der Waals surface area (Å²) in [6.07, 6.45) is 6.95. The summed E-state index contributed by atoms with van der Waals surface area (Å²) in [5.74, 6) is 1.65. The van der Waals surface area contributed by atoms with Crippen molar-refractivity contribution in [1.82, 2.24) is 0 Å². The molecule has 2 nitrogen and oxygen atoms in total. The molecule has 0 amide bonds. The lowest BCUT2D eigenvalue weighted by Gasteiger charge is -2.40. The molecule has 136 valence electrons. The van der Waals surface area contributed by atoms with Crippen LogP contribution in [0.3, 0.4) is 0 Å². The average Bonchev–Trinajstić information content (AvgIpc) is 2.99. The van der Waals surface area contributed by atoms with E-state index in [4.69, 9.17) is 11.6 Å². The lowest BCUT2D eigenvalue weighted by Crippen LogP contribution is -2.32. The Hall–Kier alpha value is -0.800. The van der Waals surface area contributed by atoms with Gasteiger partial charge in [-0.15, -0.1) is 0 Å². The highest BCUT2D eigenvalue weighted by Gasteiger charge is 2.43. The minimum Gasteiger partial charge on any atom is -0.511 e. The number of benzene rings is 1. The Morgan fingerprint density at radius 2 is 1.96 bits per heavy atom. The van der Waals surface area contributed by atoms with Crippen molar-refractivity contribution < 1.29 is 9.90 Å². The van der Waals surface area contributed by atoms with Crippen molar-refractivity contribution in [1.29, 1.82) is 0 Å². The van der Waals surface area contributed by atoms with E-state index in [1.165, 1.54) is 26.2 Å². The smallest absolute Gasteiger partial charge is 0.163 e. The molecule has 25 heavy (non-hydrogen) atoms. The molecule has 2 fully saturated rings. The van der Waals surface area contributed by atoms with Gasteiger partial charge in [-0.1, -0.05) is 37.8 Å². The quantitative estimate of drug-likeness (QED) is 0.423. The number of aryl methyl sites for hydroxylation is 1. The standard InChI is InChI=1S/C21H26BrClO2/c1-12-9-17(22)18(23)10-16(12)19(13(2)24)20(25)21(3)8-7-14-5-4-6-15(14)11-21/h9-10,14-15,25H,4-8,11H2,1-3H3/b20-19-. The molecule has 4 heteroatoms. The number of ketones is 1. The SMILES string of the molecule is CC(=O)/C(=C(/O)C1(C)CCC2CCCC2C1)c1cc(Cl)c(Br)cc1C. The summed E-state index contributed by atoms with van der Waals surface area (Å²) < 4.78 is 0.801. The Kier molecular flexibility index (Phi) is 5.37. The zero-order valence-corrected chi connectivity index (χ0v) is 17.5. The fourth-order valence-electron chi connectivity index (χ4n) is 4.86. The second-order valence-corrected chi connectivity index (χ2v) is 9.38. The van der Waals surface area contributed by atoms with E-state index in [2.05, 4.69) is 22.9 Å². The largest absolute Gasteiger partial charge is 0.511 e. The van der Waals surface area contributed by atoms with Gasteiger partial charge in [0.1, 0.15) is 5.76 Å². The Balaban J connectivity index is 2.07. The lowest BCUT2D eigenvalue weighted by molar-refractivity contribution is -0.112. The normalized spacial score (nSPS) is 30.0. The van der Waals surface area contributed by atoms with Crippen LogP contribution in [0.15, 0.2) is 22.4 Å². The first-order valence-electron chi connectivity index (χ1n) is 9.13. The van der Waals surface area contributed by atoms with Crippen LogP contribution in [0.25, 0.3) is 5.57 Å². The molecular formula is C21H26BrClO2. The molecule has 2 aliphatic rings. The van der Waals surface area contributed by atoms with Crippen molar-refractivity contribution in [2.45, 2.75) is 59.3 Å². The van der Waals surface area contributed by atoms with Gasteiger partial charge >= 0.3 is 0 Å². The van der Waals surface area contributed by atoms with E-state index >= 15 is 0 Å². The Bertz CT molecular complexity index is 740. The molecule has 3 unspecified atom stereocenters. The molecule has 3 rings (SSSR count). The number of rotatable bonds is 3. The molecule has 0 aromatic heterocycles. The minimum atomic E-state index is -0.321. The first-order valence-corrected chi connectivity index (χ1v) is 10.3. The third-order valence-corrected chi connectivity index (χ3v) is 7.49. The van der Waals surface area contributed by atoms with E-state index in [0.717, 1.165) is 40.8 Å². The lowest BCUT2D eigenvalue weighted by atomic mass is 9.65. The first-order chi connectivity index (χ1) is 11.7. The molecule has 1 N–H and O–H groups in total. The molecule has 2 aliphatic carbocycles. The molecule has 0 saturated heterocycles. The number of allylic oxidation sites excluding steroid dienone is 2. The molecule has 0 spiro atoms. The maximum atomic E-state index is 12.5. The maximum Gasteiger partial charge on any atom is 0.163 e. The van der Waals surface area contributed by atoms with Crippen LogP contribution in [0.4, 0.5) is 0 Å². The molecule has 0 heterocycles. The van der Waals surface area contributed by atoms with Gasteiger partial charge in [0.05, 0.1) is 10.6 Å². The van der Waals surface area contributed by atoms with E-state index in [-0.39, 0.29) is 17.0 Å². The average molecular weight is 426 g/mol. The minimum absolute atomic E-state index is 0.103. The zero-order valence-electron chi connectivity index (χ0n) is 15.2. The van der Waals surface area contributed by atoms with E-state index < -0.39 is 0 Å². The number of aliphatic hydroxyl groups is 1. The Morgan fingerprint density at radius 3 is 2.64 bits per heavy atom. The molecule has 3 atom stereocenters. The summed E-state index contributed by atoms with van der Waals surface area (Å²) in [5.41, 5.74) is 1.79. The summed E-state index contributed by atoms with van der Waals surface area (Å²) in [6, 6.07) is 3.70. The second-order valence-electron chi connectivity index (χ2n) is 8.12. The number of halogens is 2. The van der Waals surface area contributed by atoms with Gasteiger partial charge < -0.3 is 5.11 Å². The predicted molar refractivity (Wildman–Crippen MR) is 107 cm³/mol. The van der Waals surface area contributed by atoms with Gasteiger partial charge in [0.15, 0.2) is 5.78 Å². The van der Waals surface area contributed by atoms with Gasteiger partial charge in [0.2, 0.25) is 0 Å². The summed E-state index contributed by atoms with van der Waals surface area (Å²) in [5, 5.41) is 11.8. The third-order valence-electron chi connectivity index (χ3n) is 6.29. The van der Waals surface area contributed by atoms with Crippen molar-refractivity contribution in [3.05, 3.63) is 38.5 Å². The van der Waals surface area contributed by atoms with Crippen molar-refractivity contribution in [3.8, 4) is 0 Å². The van der Waals surface area contributed by atoms with Crippen molar-refractivity contribution in [2.24, 2.45) is 17.3 Å². The van der Waals surface area contributed by atoms with Gasteiger partial charge in [-0.2, -0.15) is 0 Å². The third kappa shape index (κ3) is 3.55. The van der Waals surface area contributed by atoms with E-state index in [0.29, 0.717) is 16.5 Å². The predicted octanol–water partition coefficient (Wildman–Crippen LogP) is 6.88. The molecule has 0 aliphatic heterocycles. The van der Waals surface area contributed by atoms with Crippen LogP contribution in [-0.2, 0) is 4.79 Å². The highest BCUT2D eigenvalue weighted by Crippen LogP contribution is 2.53. The number of carbonyl (C=O) groups excluding carboxylic acids is 1. The van der Waals surface area contributed by atoms with Crippen LogP contribution in [0.1, 0.15) is 63.5 Å². The number of hydrogen-bond donors (Lipinski definition) is 1. The van der Waals surface area contributed by atoms with Crippen LogP contribution < -0.4 is 0 Å². The summed E-state index contributed by atoms with van der Waals surface area (Å²) >= 11 is 9.70. The van der Waals surface area contributed by atoms with Gasteiger partial charge in [-0.3, -0.25) is 4.79 Å². The van der Waals surface area contributed by atoms with Gasteiger partial charge in [0.25, 0.3) is 0 Å². The summed E-state index contributed by atoms with van der Waals surface area (Å²) in [7, 11) is 0. The summed E-state index contributed by atoms with van der Waals surface area (Å²) in [6.45, 7) is 5.60. The number of carbonyl (C=O) groups is 1. The fourth-order valence-corrected chi connectivity index (χ4v) is 5.49. The first kappa shape index (κ1) is 19.0. The van der Waals surface area contributed by atoms with Crippen LogP contribution in [0.5, 0.6) is 0 Å². The van der Waals surface area contributed by atoms with Gasteiger partial charge in [0, 0.05) is 9.89 Å². The second kappa shape index (κ2) is 7.08. The van der Waals surface area contributed by atoms with Crippen LogP contribution in [-0.4, -0.2) is 10.9 Å². The van der Waals surface area contributed by atoms with Crippen LogP contribution in [0.2, 0.25) is 5.02 Å². The van der Waals surface area contributed by atoms with Gasteiger partial charge in [-0.25, -0.2) is 0 Å². The van der Waals surface area contributed by atoms with Crippen LogP contribution >= 0.6 is 27.5 Å².